The van der Waals surface area contributed by atoms with E-state index >= 15 is 0 Å². The zero-order valence-electron chi connectivity index (χ0n) is 8.63. The summed E-state index contributed by atoms with van der Waals surface area (Å²) in [6.45, 7) is 0. The van der Waals surface area contributed by atoms with E-state index in [9.17, 15) is 0 Å². The molecule has 2 aromatic carbocycles. The molecule has 0 heterocycles. The normalized spacial score (nSPS) is 12.5. The van der Waals surface area contributed by atoms with Crippen LogP contribution in [-0.2, 0) is 0 Å². The summed E-state index contributed by atoms with van der Waals surface area (Å²) in [5.41, 5.74) is 2.15. The third-order valence-corrected chi connectivity index (χ3v) is 4.59. The Labute approximate surface area is 131 Å². The van der Waals surface area contributed by atoms with Gasteiger partial charge >= 0.3 is 0 Å². The van der Waals surface area contributed by atoms with E-state index in [2.05, 4.69) is 47.8 Å². The second-order valence-electron chi connectivity index (χ2n) is 3.58. The third kappa shape index (κ3) is 3.34. The maximum atomic E-state index is 6.48. The average molecular weight is 439 g/mol. The number of hydrogen-bond donors (Lipinski definition) is 0. The van der Waals surface area contributed by atoms with E-state index in [0.717, 1.165) is 24.5 Å². The minimum Gasteiger partial charge on any atom is -0.113 e. The highest BCUT2D eigenvalue weighted by molar-refractivity contribution is 9.11. The predicted molar refractivity (Wildman–Crippen MR) is 83.7 cm³/mol. The maximum absolute atomic E-state index is 6.48. The lowest BCUT2D eigenvalue weighted by Gasteiger charge is -2.12. The van der Waals surface area contributed by atoms with Crippen molar-refractivity contribution in [1.82, 2.24) is 0 Å². The molecule has 0 nitrogen and oxygen atoms in total. The second kappa shape index (κ2) is 5.87. The second-order valence-corrected chi connectivity index (χ2v) is 6.70. The monoisotopic (exact) mass is 436 g/mol. The van der Waals surface area contributed by atoms with Crippen LogP contribution in [0.25, 0.3) is 0 Å². The molecule has 0 saturated heterocycles. The predicted octanol–water partition coefficient (Wildman–Crippen LogP) is 6.30. The van der Waals surface area contributed by atoms with E-state index in [1.165, 1.54) is 0 Å². The minimum atomic E-state index is -0.148. The Morgan fingerprint density at radius 2 is 1.41 bits per heavy atom. The van der Waals surface area contributed by atoms with Gasteiger partial charge in [0.2, 0.25) is 0 Å². The molecular formula is C13H8Br3Cl. The molecule has 0 spiro atoms. The standard InChI is InChI=1S/C13H8Br3Cl/c14-9-3-1-8(2-4-9)13(17)11-6-5-10(15)7-12(11)16/h1-7,13H. The summed E-state index contributed by atoms with van der Waals surface area (Å²) in [5.74, 6) is 0. The Balaban J connectivity index is 2.36. The van der Waals surface area contributed by atoms with Crippen molar-refractivity contribution in [2.24, 2.45) is 0 Å². The van der Waals surface area contributed by atoms with Crippen molar-refractivity contribution in [1.29, 1.82) is 0 Å². The molecule has 4 heteroatoms. The highest BCUT2D eigenvalue weighted by atomic mass is 79.9. The average Bonchev–Trinajstić information content (AvgIpc) is 2.29. The van der Waals surface area contributed by atoms with Gasteiger partial charge in [-0.3, -0.25) is 0 Å². The molecule has 0 aliphatic heterocycles. The van der Waals surface area contributed by atoms with Crippen molar-refractivity contribution in [3.8, 4) is 0 Å². The van der Waals surface area contributed by atoms with Gasteiger partial charge in [0.15, 0.2) is 0 Å². The number of benzene rings is 2. The van der Waals surface area contributed by atoms with Gasteiger partial charge in [0.25, 0.3) is 0 Å². The van der Waals surface area contributed by atoms with Gasteiger partial charge < -0.3 is 0 Å². The molecule has 1 unspecified atom stereocenters. The van der Waals surface area contributed by atoms with Gasteiger partial charge in [0, 0.05) is 13.4 Å². The fraction of sp³-hybridized carbons (Fsp3) is 0.0769. The zero-order valence-corrected chi connectivity index (χ0v) is 14.1. The van der Waals surface area contributed by atoms with Gasteiger partial charge in [-0.15, -0.1) is 11.6 Å². The highest BCUT2D eigenvalue weighted by Gasteiger charge is 2.13. The Kier molecular flexibility index (Phi) is 4.70. The van der Waals surface area contributed by atoms with Crippen LogP contribution in [0.1, 0.15) is 16.5 Å². The Hall–Kier alpha value is 0.170. The molecule has 0 fully saturated rings. The van der Waals surface area contributed by atoms with E-state index in [0.29, 0.717) is 0 Å². The van der Waals surface area contributed by atoms with E-state index in [1.807, 2.05) is 42.5 Å². The fourth-order valence-corrected chi connectivity index (χ4v) is 3.53. The molecule has 0 aromatic heterocycles. The molecule has 2 aromatic rings. The first-order valence-electron chi connectivity index (χ1n) is 4.92. The molecule has 2 rings (SSSR count). The Morgan fingerprint density at radius 1 is 0.824 bits per heavy atom. The van der Waals surface area contributed by atoms with Gasteiger partial charge in [-0.25, -0.2) is 0 Å². The number of hydrogen-bond acceptors (Lipinski definition) is 0. The summed E-state index contributed by atoms with van der Waals surface area (Å²) >= 11 is 16.9. The van der Waals surface area contributed by atoms with Crippen LogP contribution in [0.4, 0.5) is 0 Å². The lowest BCUT2D eigenvalue weighted by atomic mass is 10.0. The summed E-state index contributed by atoms with van der Waals surface area (Å²) in [4.78, 5) is 0. The number of rotatable bonds is 2. The molecule has 0 amide bonds. The van der Waals surface area contributed by atoms with E-state index in [-0.39, 0.29) is 5.38 Å². The van der Waals surface area contributed by atoms with Crippen molar-refractivity contribution in [3.63, 3.8) is 0 Å². The minimum absolute atomic E-state index is 0.148. The van der Waals surface area contributed by atoms with Crippen molar-refractivity contribution in [2.75, 3.05) is 0 Å². The molecule has 1 atom stereocenters. The van der Waals surface area contributed by atoms with Gasteiger partial charge in [-0.2, -0.15) is 0 Å². The van der Waals surface area contributed by atoms with Gasteiger partial charge in [-0.1, -0.05) is 66.0 Å². The Morgan fingerprint density at radius 3 is 2.00 bits per heavy atom. The SMILES string of the molecule is ClC(c1ccc(Br)cc1)c1ccc(Br)cc1Br. The summed E-state index contributed by atoms with van der Waals surface area (Å²) < 4.78 is 3.10. The molecule has 0 radical (unpaired) electrons. The summed E-state index contributed by atoms with van der Waals surface area (Å²) in [7, 11) is 0. The van der Waals surface area contributed by atoms with Crippen molar-refractivity contribution in [3.05, 3.63) is 67.0 Å². The van der Waals surface area contributed by atoms with Gasteiger partial charge in [0.1, 0.15) is 0 Å². The molecule has 88 valence electrons. The maximum Gasteiger partial charge on any atom is 0.0846 e. The summed E-state index contributed by atoms with van der Waals surface area (Å²) in [6.07, 6.45) is 0. The van der Waals surface area contributed by atoms with E-state index < -0.39 is 0 Å². The van der Waals surface area contributed by atoms with E-state index in [1.54, 1.807) is 0 Å². The lowest BCUT2D eigenvalue weighted by molar-refractivity contribution is 1.12. The number of alkyl halides is 1. The van der Waals surface area contributed by atoms with E-state index in [4.69, 9.17) is 11.6 Å². The van der Waals surface area contributed by atoms with Crippen molar-refractivity contribution in [2.45, 2.75) is 5.38 Å². The molecule has 0 N–H and O–H groups in total. The Bertz CT molecular complexity index is 523. The molecule has 0 bridgehead atoms. The highest BCUT2D eigenvalue weighted by Crippen LogP contribution is 2.35. The van der Waals surface area contributed by atoms with Crippen LogP contribution in [0, 0.1) is 0 Å². The smallest absolute Gasteiger partial charge is 0.0846 e. The quantitative estimate of drug-likeness (QED) is 0.482. The molecular weight excluding hydrogens is 431 g/mol. The molecule has 0 aliphatic carbocycles. The molecule has 17 heavy (non-hydrogen) atoms. The number of halogens is 4. The largest absolute Gasteiger partial charge is 0.113 e. The van der Waals surface area contributed by atoms with Crippen LogP contribution in [0.15, 0.2) is 55.9 Å². The van der Waals surface area contributed by atoms with Crippen LogP contribution in [0.5, 0.6) is 0 Å². The van der Waals surface area contributed by atoms with Crippen molar-refractivity contribution >= 4 is 59.4 Å². The lowest BCUT2D eigenvalue weighted by Crippen LogP contribution is -1.94. The summed E-state index contributed by atoms with van der Waals surface area (Å²) in [6, 6.07) is 14.1. The molecule has 0 saturated carbocycles. The zero-order chi connectivity index (χ0) is 12.4. The first-order chi connectivity index (χ1) is 8.08. The van der Waals surface area contributed by atoms with Gasteiger partial charge in [0.05, 0.1) is 5.38 Å². The van der Waals surface area contributed by atoms with Gasteiger partial charge in [-0.05, 0) is 35.4 Å². The fourth-order valence-electron chi connectivity index (χ4n) is 1.52. The summed E-state index contributed by atoms with van der Waals surface area (Å²) in [5, 5.41) is -0.148. The van der Waals surface area contributed by atoms with Crippen LogP contribution in [-0.4, -0.2) is 0 Å². The third-order valence-electron chi connectivity index (χ3n) is 2.40. The van der Waals surface area contributed by atoms with Crippen LogP contribution < -0.4 is 0 Å². The van der Waals surface area contributed by atoms with Crippen LogP contribution >= 0.6 is 59.4 Å². The first-order valence-corrected chi connectivity index (χ1v) is 7.74. The van der Waals surface area contributed by atoms with Crippen molar-refractivity contribution < 1.29 is 0 Å². The first kappa shape index (κ1) is 13.6. The topological polar surface area (TPSA) is 0 Å². The molecule has 0 aliphatic rings. The van der Waals surface area contributed by atoms with Crippen LogP contribution in [0.3, 0.4) is 0 Å². The van der Waals surface area contributed by atoms with Crippen LogP contribution in [0.2, 0.25) is 0 Å².